The van der Waals surface area contributed by atoms with Crippen molar-refractivity contribution in [1.82, 2.24) is 10.3 Å². The number of ether oxygens (including phenoxy) is 1. The number of nitrogens with one attached hydrogen (secondary N) is 1. The molecule has 1 saturated heterocycles. The predicted octanol–water partition coefficient (Wildman–Crippen LogP) is 1.61. The molecule has 3 atom stereocenters. The second kappa shape index (κ2) is 4.35. The van der Waals surface area contributed by atoms with Crippen molar-refractivity contribution in [3.8, 4) is 0 Å². The zero-order valence-corrected chi connectivity index (χ0v) is 10.8. The van der Waals surface area contributed by atoms with Crippen LogP contribution in [-0.4, -0.2) is 29.6 Å². The molecule has 96 valence electrons. The number of fused-ring (bicyclic) bond motifs is 1. The summed E-state index contributed by atoms with van der Waals surface area (Å²) in [6.07, 6.45) is 2.42. The van der Waals surface area contributed by atoms with E-state index in [-0.39, 0.29) is 5.91 Å². The second-order valence-electron chi connectivity index (χ2n) is 5.32. The molecule has 18 heavy (non-hydrogen) atoms. The van der Waals surface area contributed by atoms with E-state index in [2.05, 4.69) is 10.3 Å². The molecule has 0 unspecified atom stereocenters. The van der Waals surface area contributed by atoms with Gasteiger partial charge in [-0.25, -0.2) is 0 Å². The summed E-state index contributed by atoms with van der Waals surface area (Å²) in [5.74, 6) is 0.539. The van der Waals surface area contributed by atoms with Crippen LogP contribution in [0.3, 0.4) is 0 Å². The SMILES string of the molecule is Cc1cc(C(=O)N[C@H]2C[C@@H]3OCC[C@H]23)cc(C)n1. The van der Waals surface area contributed by atoms with Gasteiger partial charge in [0.25, 0.3) is 5.91 Å². The van der Waals surface area contributed by atoms with E-state index in [4.69, 9.17) is 4.74 Å². The summed E-state index contributed by atoms with van der Waals surface area (Å²) < 4.78 is 5.55. The standard InChI is InChI=1S/C14H18N2O2/c1-8-5-10(6-9(2)15-8)14(17)16-12-7-13-11(12)3-4-18-13/h5-6,11-13H,3-4,7H2,1-2H3,(H,16,17)/t11-,12+,13+/m1/s1. The van der Waals surface area contributed by atoms with Crippen molar-refractivity contribution in [3.63, 3.8) is 0 Å². The van der Waals surface area contributed by atoms with Crippen LogP contribution in [0, 0.1) is 19.8 Å². The van der Waals surface area contributed by atoms with Crippen molar-refractivity contribution < 1.29 is 9.53 Å². The highest BCUT2D eigenvalue weighted by Gasteiger charge is 2.45. The highest BCUT2D eigenvalue weighted by Crippen LogP contribution is 2.38. The van der Waals surface area contributed by atoms with Crippen LogP contribution in [0.1, 0.15) is 34.6 Å². The maximum Gasteiger partial charge on any atom is 0.251 e. The summed E-state index contributed by atoms with van der Waals surface area (Å²) in [7, 11) is 0. The Kier molecular flexibility index (Phi) is 2.82. The van der Waals surface area contributed by atoms with E-state index >= 15 is 0 Å². The van der Waals surface area contributed by atoms with Gasteiger partial charge in [-0.1, -0.05) is 0 Å². The minimum absolute atomic E-state index is 0.0129. The molecule has 2 fully saturated rings. The quantitative estimate of drug-likeness (QED) is 0.862. The molecule has 0 radical (unpaired) electrons. The van der Waals surface area contributed by atoms with Gasteiger partial charge in [-0.05, 0) is 38.8 Å². The molecule has 1 saturated carbocycles. The van der Waals surface area contributed by atoms with Crippen LogP contribution in [0.2, 0.25) is 0 Å². The summed E-state index contributed by atoms with van der Waals surface area (Å²) in [6.45, 7) is 4.66. The van der Waals surface area contributed by atoms with Crippen LogP contribution in [-0.2, 0) is 4.74 Å². The van der Waals surface area contributed by atoms with Crippen LogP contribution in [0.15, 0.2) is 12.1 Å². The van der Waals surface area contributed by atoms with Gasteiger partial charge < -0.3 is 10.1 Å². The molecule has 4 heteroatoms. The molecule has 0 spiro atoms. The van der Waals surface area contributed by atoms with Gasteiger partial charge in [0.1, 0.15) is 0 Å². The van der Waals surface area contributed by atoms with Crippen molar-refractivity contribution in [2.75, 3.05) is 6.61 Å². The van der Waals surface area contributed by atoms with E-state index in [0.717, 1.165) is 30.8 Å². The molecular weight excluding hydrogens is 228 g/mol. The van der Waals surface area contributed by atoms with E-state index in [1.54, 1.807) is 0 Å². The Morgan fingerprint density at radius 2 is 2.11 bits per heavy atom. The fraction of sp³-hybridized carbons (Fsp3) is 0.571. The van der Waals surface area contributed by atoms with Gasteiger partial charge in [-0.3, -0.25) is 9.78 Å². The fourth-order valence-corrected chi connectivity index (χ4v) is 2.98. The van der Waals surface area contributed by atoms with Crippen LogP contribution in [0.5, 0.6) is 0 Å². The number of rotatable bonds is 2. The topological polar surface area (TPSA) is 51.2 Å². The average molecular weight is 246 g/mol. The lowest BCUT2D eigenvalue weighted by molar-refractivity contribution is 0.00809. The Morgan fingerprint density at radius 3 is 2.78 bits per heavy atom. The van der Waals surface area contributed by atoms with E-state index in [1.165, 1.54) is 0 Å². The first-order chi connectivity index (χ1) is 8.63. The minimum atomic E-state index is 0.0129. The molecule has 1 aromatic rings. The largest absolute Gasteiger partial charge is 0.378 e. The smallest absolute Gasteiger partial charge is 0.251 e. The molecule has 2 aliphatic rings. The minimum Gasteiger partial charge on any atom is -0.378 e. The lowest BCUT2D eigenvalue weighted by Gasteiger charge is -2.39. The van der Waals surface area contributed by atoms with Crippen molar-refractivity contribution in [1.29, 1.82) is 0 Å². The molecule has 0 aromatic carbocycles. The summed E-state index contributed by atoms with van der Waals surface area (Å²) >= 11 is 0. The summed E-state index contributed by atoms with van der Waals surface area (Å²) in [4.78, 5) is 16.4. The lowest BCUT2D eigenvalue weighted by Crippen LogP contribution is -2.53. The number of nitrogens with zero attached hydrogens (tertiary/aromatic N) is 1. The second-order valence-corrected chi connectivity index (χ2v) is 5.32. The normalized spacial score (nSPS) is 29.6. The third-order valence-electron chi connectivity index (χ3n) is 3.92. The number of pyridine rings is 1. The van der Waals surface area contributed by atoms with Crippen molar-refractivity contribution in [3.05, 3.63) is 29.1 Å². The Balaban J connectivity index is 1.68. The summed E-state index contributed by atoms with van der Waals surface area (Å²) in [6, 6.07) is 3.96. The first-order valence-corrected chi connectivity index (χ1v) is 6.51. The molecule has 1 aliphatic carbocycles. The molecule has 4 nitrogen and oxygen atoms in total. The average Bonchev–Trinajstić information content (AvgIpc) is 2.66. The summed E-state index contributed by atoms with van der Waals surface area (Å²) in [5.41, 5.74) is 2.48. The van der Waals surface area contributed by atoms with Gasteiger partial charge in [-0.15, -0.1) is 0 Å². The van der Waals surface area contributed by atoms with E-state index in [0.29, 0.717) is 23.6 Å². The van der Waals surface area contributed by atoms with Gasteiger partial charge in [-0.2, -0.15) is 0 Å². The lowest BCUT2D eigenvalue weighted by atomic mass is 9.76. The van der Waals surface area contributed by atoms with Gasteiger partial charge in [0.2, 0.25) is 0 Å². The van der Waals surface area contributed by atoms with Crippen molar-refractivity contribution >= 4 is 5.91 Å². The molecule has 0 bridgehead atoms. The van der Waals surface area contributed by atoms with Gasteiger partial charge in [0.05, 0.1) is 6.10 Å². The maximum absolute atomic E-state index is 12.2. The van der Waals surface area contributed by atoms with Crippen molar-refractivity contribution in [2.24, 2.45) is 5.92 Å². The maximum atomic E-state index is 12.2. The molecule has 3 rings (SSSR count). The molecule has 1 amide bonds. The Bertz CT molecular complexity index is 466. The molecule has 1 N–H and O–H groups in total. The predicted molar refractivity (Wildman–Crippen MR) is 67.4 cm³/mol. The molecule has 1 aliphatic heterocycles. The molecule has 1 aromatic heterocycles. The van der Waals surface area contributed by atoms with Crippen molar-refractivity contribution in [2.45, 2.75) is 38.8 Å². The number of aryl methyl sites for hydroxylation is 2. The number of carbonyl (C=O) groups excluding carboxylic acids is 1. The Labute approximate surface area is 107 Å². The van der Waals surface area contributed by atoms with Gasteiger partial charge >= 0.3 is 0 Å². The first-order valence-electron chi connectivity index (χ1n) is 6.51. The molecule has 2 heterocycles. The fourth-order valence-electron chi connectivity index (χ4n) is 2.98. The highest BCUT2D eigenvalue weighted by molar-refractivity contribution is 5.94. The third kappa shape index (κ3) is 2.01. The number of carbonyl (C=O) groups is 1. The van der Waals surface area contributed by atoms with E-state index in [1.807, 2.05) is 26.0 Å². The first kappa shape index (κ1) is 11.7. The van der Waals surface area contributed by atoms with E-state index < -0.39 is 0 Å². The van der Waals surface area contributed by atoms with Gasteiger partial charge in [0, 0.05) is 35.5 Å². The summed E-state index contributed by atoms with van der Waals surface area (Å²) in [5, 5.41) is 3.11. The number of hydrogen-bond acceptors (Lipinski definition) is 3. The number of aromatic nitrogens is 1. The van der Waals surface area contributed by atoms with Crippen LogP contribution >= 0.6 is 0 Å². The monoisotopic (exact) mass is 246 g/mol. The Hall–Kier alpha value is -1.42. The Morgan fingerprint density at radius 1 is 1.39 bits per heavy atom. The number of hydrogen-bond donors (Lipinski definition) is 1. The van der Waals surface area contributed by atoms with Crippen LogP contribution < -0.4 is 5.32 Å². The zero-order chi connectivity index (χ0) is 12.7. The van der Waals surface area contributed by atoms with E-state index in [9.17, 15) is 4.79 Å². The molecular formula is C14H18N2O2. The third-order valence-corrected chi connectivity index (χ3v) is 3.92. The highest BCUT2D eigenvalue weighted by atomic mass is 16.5. The van der Waals surface area contributed by atoms with Crippen LogP contribution in [0.4, 0.5) is 0 Å². The number of amides is 1. The van der Waals surface area contributed by atoms with Gasteiger partial charge in [0.15, 0.2) is 0 Å². The zero-order valence-electron chi connectivity index (χ0n) is 10.8. The van der Waals surface area contributed by atoms with Crippen LogP contribution in [0.25, 0.3) is 0 Å².